The molecule has 0 saturated heterocycles. The zero-order chi connectivity index (χ0) is 38.2. The molecule has 5 rings (SSSR count). The van der Waals surface area contributed by atoms with E-state index in [1.165, 1.54) is 35.0 Å². The summed E-state index contributed by atoms with van der Waals surface area (Å²) in [5, 5.41) is 14.0. The van der Waals surface area contributed by atoms with E-state index in [4.69, 9.17) is 0 Å². The molecule has 2 bridgehead atoms. The van der Waals surface area contributed by atoms with Crippen LogP contribution in [0.15, 0.2) is 66.2 Å². The second-order valence-electron chi connectivity index (χ2n) is 13.6. The summed E-state index contributed by atoms with van der Waals surface area (Å²) < 4.78 is 0. The second kappa shape index (κ2) is 17.3. The summed E-state index contributed by atoms with van der Waals surface area (Å²) in [5.41, 5.74) is 2.63. The van der Waals surface area contributed by atoms with Gasteiger partial charge in [0.2, 0.25) is 29.5 Å². The fraction of sp³-hybridized carbons (Fsp3) is 0.395. The molecule has 0 saturated carbocycles. The molecular formula is C38H46N8O6S. The summed E-state index contributed by atoms with van der Waals surface area (Å²) in [5.74, 6) is -3.29. The van der Waals surface area contributed by atoms with Gasteiger partial charge in [-0.3, -0.25) is 28.8 Å². The number of H-pyrrole nitrogens is 1. The number of nitrogens with one attached hydrogen (secondary N) is 5. The van der Waals surface area contributed by atoms with Gasteiger partial charge in [-0.1, -0.05) is 62.4 Å². The lowest BCUT2D eigenvalue weighted by molar-refractivity contribution is -0.138. The highest BCUT2D eigenvalue weighted by Crippen LogP contribution is 2.23. The number of nitrogens with zero attached hydrogens (tertiary/aromatic N) is 3. The molecule has 53 heavy (non-hydrogen) atoms. The molecule has 1 aliphatic heterocycles. The first-order chi connectivity index (χ1) is 25.3. The Balaban J connectivity index is 1.46. The Morgan fingerprint density at radius 2 is 1.60 bits per heavy atom. The molecule has 2 aromatic carbocycles. The van der Waals surface area contributed by atoms with E-state index in [1.54, 1.807) is 32.5 Å². The van der Waals surface area contributed by atoms with E-state index in [0.29, 0.717) is 11.4 Å². The summed E-state index contributed by atoms with van der Waals surface area (Å²) in [7, 11) is 1.56. The fourth-order valence-corrected chi connectivity index (χ4v) is 6.94. The number of hydrogen-bond acceptors (Lipinski definition) is 8. The molecule has 5 N–H and O–H groups in total. The third-order valence-corrected chi connectivity index (χ3v) is 10.1. The third-order valence-electron chi connectivity index (χ3n) is 9.17. The van der Waals surface area contributed by atoms with Crippen molar-refractivity contribution >= 4 is 57.7 Å². The van der Waals surface area contributed by atoms with Gasteiger partial charge in [0.1, 0.15) is 28.8 Å². The maximum absolute atomic E-state index is 13.9. The van der Waals surface area contributed by atoms with Crippen LogP contribution in [0.2, 0.25) is 0 Å². The molecule has 280 valence electrons. The molecule has 0 radical (unpaired) electrons. The molecular weight excluding hydrogens is 697 g/mol. The first-order valence-electron chi connectivity index (χ1n) is 17.6. The summed E-state index contributed by atoms with van der Waals surface area (Å²) >= 11 is 1.19. The van der Waals surface area contributed by atoms with Crippen molar-refractivity contribution in [3.05, 3.63) is 88.0 Å². The predicted octanol–water partition coefficient (Wildman–Crippen LogP) is 2.33. The van der Waals surface area contributed by atoms with Crippen molar-refractivity contribution in [2.24, 2.45) is 5.92 Å². The number of carbonyl (C=O) groups excluding carboxylic acids is 6. The molecule has 4 atom stereocenters. The topological polar surface area (TPSA) is 186 Å². The molecule has 0 spiro atoms. The molecule has 2 aromatic heterocycles. The minimum absolute atomic E-state index is 0.0144. The van der Waals surface area contributed by atoms with Crippen LogP contribution in [0.5, 0.6) is 0 Å². The molecule has 4 aromatic rings. The third kappa shape index (κ3) is 9.86. The lowest BCUT2D eigenvalue weighted by atomic mass is 10.0. The summed E-state index contributed by atoms with van der Waals surface area (Å²) in [6.45, 7) is 6.35. The van der Waals surface area contributed by atoms with Crippen LogP contribution in [0.4, 0.5) is 0 Å². The van der Waals surface area contributed by atoms with Crippen molar-refractivity contribution in [2.75, 3.05) is 26.7 Å². The average Bonchev–Trinajstić information content (AvgIpc) is 3.79. The molecule has 3 heterocycles. The normalized spacial score (nSPS) is 21.4. The first-order valence-corrected chi connectivity index (χ1v) is 18.5. The number of amides is 6. The second-order valence-corrected chi connectivity index (χ2v) is 14.5. The Morgan fingerprint density at radius 1 is 0.887 bits per heavy atom. The summed E-state index contributed by atoms with van der Waals surface area (Å²) in [6, 6.07) is 13.5. The van der Waals surface area contributed by atoms with Crippen LogP contribution < -0.4 is 21.3 Å². The molecule has 14 nitrogen and oxygen atoms in total. The van der Waals surface area contributed by atoms with Gasteiger partial charge in [-0.2, -0.15) is 0 Å². The van der Waals surface area contributed by atoms with Crippen molar-refractivity contribution in [1.82, 2.24) is 41.0 Å². The van der Waals surface area contributed by atoms with Gasteiger partial charge in [-0.05, 0) is 43.4 Å². The smallest absolute Gasteiger partial charge is 0.271 e. The van der Waals surface area contributed by atoms with E-state index in [1.807, 2.05) is 54.6 Å². The SMILES string of the molecule is CC(C)[C@@H]1NC(=O)[C@H](C)NC(=O)c2csc(n2)[C@H](Cc2ccccc2)NC(=O)CN(C(=O)Cc2c[nH]c3ccccc23)CCN(C)C(=O)[C@@H](C)NC1=O. The van der Waals surface area contributed by atoms with Crippen molar-refractivity contribution in [3.8, 4) is 0 Å². The van der Waals surface area contributed by atoms with Gasteiger partial charge in [0.15, 0.2) is 0 Å². The minimum Gasteiger partial charge on any atom is -0.361 e. The Morgan fingerprint density at radius 3 is 2.34 bits per heavy atom. The van der Waals surface area contributed by atoms with Crippen molar-refractivity contribution in [2.45, 2.75) is 64.7 Å². The molecule has 0 unspecified atom stereocenters. The molecule has 0 aliphatic carbocycles. The predicted molar refractivity (Wildman–Crippen MR) is 201 cm³/mol. The zero-order valence-electron chi connectivity index (χ0n) is 30.5. The van der Waals surface area contributed by atoms with Crippen LogP contribution >= 0.6 is 11.3 Å². The van der Waals surface area contributed by atoms with E-state index in [9.17, 15) is 28.8 Å². The quantitative estimate of drug-likeness (QED) is 0.208. The maximum atomic E-state index is 13.9. The highest BCUT2D eigenvalue weighted by atomic mass is 32.1. The van der Waals surface area contributed by atoms with Crippen LogP contribution in [0.25, 0.3) is 10.9 Å². The number of carbonyl (C=O) groups is 6. The van der Waals surface area contributed by atoms with Crippen LogP contribution in [0, 0.1) is 5.92 Å². The van der Waals surface area contributed by atoms with Crippen LogP contribution in [-0.4, -0.2) is 100 Å². The number of aromatic nitrogens is 2. The highest BCUT2D eigenvalue weighted by Gasteiger charge is 2.31. The van der Waals surface area contributed by atoms with Crippen LogP contribution in [0.3, 0.4) is 0 Å². The minimum atomic E-state index is -1.02. The van der Waals surface area contributed by atoms with Crippen molar-refractivity contribution in [1.29, 1.82) is 0 Å². The number of aromatic amines is 1. The van der Waals surface area contributed by atoms with Gasteiger partial charge in [0.05, 0.1) is 19.0 Å². The number of fused-ring (bicyclic) bond motifs is 3. The summed E-state index contributed by atoms with van der Waals surface area (Å²) in [4.78, 5) is 91.5. The van der Waals surface area contributed by atoms with E-state index >= 15 is 0 Å². The van der Waals surface area contributed by atoms with Crippen LogP contribution in [-0.2, 0) is 36.8 Å². The van der Waals surface area contributed by atoms with Gasteiger partial charge in [0, 0.05) is 42.6 Å². The monoisotopic (exact) mass is 742 g/mol. The van der Waals surface area contributed by atoms with E-state index in [-0.39, 0.29) is 43.6 Å². The lowest BCUT2D eigenvalue weighted by Crippen LogP contribution is -2.57. The molecule has 6 amide bonds. The molecule has 15 heteroatoms. The molecule has 0 fully saturated rings. The van der Waals surface area contributed by atoms with Crippen LogP contribution in [0.1, 0.15) is 60.4 Å². The number of thiazole rings is 1. The highest BCUT2D eigenvalue weighted by molar-refractivity contribution is 7.09. The standard InChI is InChI=1S/C38H46N8O6S/c1-22(2)33-36(51)41-24(4)38(52)45(5)15-16-46(32(48)18-26-19-39-28-14-10-9-13-27(26)28)20-31(47)42-29(17-25-11-7-6-8-12-25)37-43-30(21-53-37)35(50)40-23(3)34(49)44-33/h6-14,19,21-24,29,33,39H,15-18,20H2,1-5H3,(H,40,50)(H,41,51)(H,42,47)(H,44,49)/t23-,24+,29-,33-/m0/s1. The number of likely N-dealkylation sites (N-methyl/N-ethyl adjacent to an activating group) is 1. The fourth-order valence-electron chi connectivity index (χ4n) is 6.09. The number of hydrogen-bond donors (Lipinski definition) is 5. The van der Waals surface area contributed by atoms with Crippen molar-refractivity contribution in [3.63, 3.8) is 0 Å². The number of rotatable bonds is 5. The van der Waals surface area contributed by atoms with E-state index < -0.39 is 53.7 Å². The van der Waals surface area contributed by atoms with Gasteiger partial charge in [-0.15, -0.1) is 11.3 Å². The van der Waals surface area contributed by atoms with Crippen molar-refractivity contribution < 1.29 is 28.8 Å². The Hall–Kier alpha value is -5.57. The van der Waals surface area contributed by atoms with Gasteiger partial charge in [0.25, 0.3) is 5.91 Å². The van der Waals surface area contributed by atoms with Gasteiger partial charge < -0.3 is 36.1 Å². The van der Waals surface area contributed by atoms with Gasteiger partial charge >= 0.3 is 0 Å². The number of para-hydroxylation sites is 1. The zero-order valence-corrected chi connectivity index (χ0v) is 31.3. The summed E-state index contributed by atoms with van der Waals surface area (Å²) in [6.07, 6.45) is 2.15. The Bertz CT molecular complexity index is 1960. The first kappa shape index (κ1) is 38.7. The Kier molecular flexibility index (Phi) is 12.6. The van der Waals surface area contributed by atoms with Gasteiger partial charge in [-0.25, -0.2) is 4.98 Å². The largest absolute Gasteiger partial charge is 0.361 e. The van der Waals surface area contributed by atoms with E-state index in [2.05, 4.69) is 31.2 Å². The molecule has 1 aliphatic rings. The maximum Gasteiger partial charge on any atom is 0.271 e. The van der Waals surface area contributed by atoms with E-state index in [0.717, 1.165) is 22.0 Å². The average molecular weight is 743 g/mol. The lowest BCUT2D eigenvalue weighted by Gasteiger charge is -2.29. The number of benzene rings is 2. The Labute approximate surface area is 312 Å².